The Labute approximate surface area is 185 Å². The number of rotatable bonds is 7. The van der Waals surface area contributed by atoms with Crippen LogP contribution in [0.4, 0.5) is 10.5 Å². The minimum Gasteiger partial charge on any atom is -0.468 e. The first kappa shape index (κ1) is 20.6. The minimum atomic E-state index is -0.549. The summed E-state index contributed by atoms with van der Waals surface area (Å²) < 4.78 is 28.4. The van der Waals surface area contributed by atoms with E-state index in [2.05, 4.69) is 10.6 Å². The average Bonchev–Trinajstić information content (AvgIpc) is 3.54. The number of anilines is 1. The average molecular weight is 436 g/mol. The smallest absolute Gasteiger partial charge is 0.412 e. The number of hydrogen-bond donors (Lipinski definition) is 2. The number of fused-ring (bicyclic) bond motifs is 1. The van der Waals surface area contributed by atoms with E-state index in [-0.39, 0.29) is 18.2 Å². The van der Waals surface area contributed by atoms with E-state index in [1.54, 1.807) is 30.5 Å². The van der Waals surface area contributed by atoms with Gasteiger partial charge in [0.25, 0.3) is 0 Å². The van der Waals surface area contributed by atoms with Crippen molar-refractivity contribution >= 4 is 11.8 Å². The van der Waals surface area contributed by atoms with Crippen LogP contribution in [0, 0.1) is 0 Å². The van der Waals surface area contributed by atoms with E-state index in [1.807, 2.05) is 42.5 Å². The van der Waals surface area contributed by atoms with Gasteiger partial charge in [-0.3, -0.25) is 5.32 Å². The molecule has 0 radical (unpaired) electrons. The van der Waals surface area contributed by atoms with Crippen LogP contribution in [-0.4, -0.2) is 43.7 Å². The second kappa shape index (κ2) is 9.44. The molecule has 2 aliphatic rings. The third kappa shape index (κ3) is 4.77. The van der Waals surface area contributed by atoms with Gasteiger partial charge in [-0.05, 0) is 48.5 Å². The fourth-order valence-corrected chi connectivity index (χ4v) is 3.90. The fourth-order valence-electron chi connectivity index (χ4n) is 3.90. The Morgan fingerprint density at radius 3 is 2.47 bits per heavy atom. The summed E-state index contributed by atoms with van der Waals surface area (Å²) in [5, 5.41) is 6.12. The normalized spacial score (nSPS) is 24.1. The van der Waals surface area contributed by atoms with Crippen LogP contribution in [0.3, 0.4) is 0 Å². The molecule has 8 nitrogen and oxygen atoms in total. The third-order valence-electron chi connectivity index (χ3n) is 5.46. The molecule has 1 amide bonds. The second-order valence-corrected chi connectivity index (χ2v) is 7.67. The quantitative estimate of drug-likeness (QED) is 0.580. The zero-order valence-electron chi connectivity index (χ0n) is 17.3. The number of nitrogens with one attached hydrogen (secondary N) is 2. The molecule has 0 bridgehead atoms. The molecule has 2 aromatic carbocycles. The van der Waals surface area contributed by atoms with E-state index in [0.717, 1.165) is 11.5 Å². The van der Waals surface area contributed by atoms with Crippen LogP contribution in [0.2, 0.25) is 0 Å². The van der Waals surface area contributed by atoms with Crippen molar-refractivity contribution in [2.24, 2.45) is 0 Å². The maximum atomic E-state index is 12.4. The molecule has 3 heterocycles. The molecule has 3 aromatic rings. The SMILES string of the molecule is O=C(Nc1ccc(Oc2ccccc2)cc1)O[C@@H]1CO[C@H]2[C@@H]1OC[C@@H]2NCc1ccco1. The van der Waals surface area contributed by atoms with E-state index in [4.69, 9.17) is 23.4 Å². The maximum Gasteiger partial charge on any atom is 0.412 e. The van der Waals surface area contributed by atoms with E-state index < -0.39 is 12.2 Å². The van der Waals surface area contributed by atoms with Crippen LogP contribution in [0.25, 0.3) is 0 Å². The van der Waals surface area contributed by atoms with Crippen molar-refractivity contribution in [2.45, 2.75) is 30.9 Å². The van der Waals surface area contributed by atoms with Crippen LogP contribution >= 0.6 is 0 Å². The van der Waals surface area contributed by atoms with Gasteiger partial charge in [0.15, 0.2) is 6.10 Å². The van der Waals surface area contributed by atoms with Gasteiger partial charge in [-0.2, -0.15) is 0 Å². The van der Waals surface area contributed by atoms with E-state index in [1.165, 1.54) is 0 Å². The summed E-state index contributed by atoms with van der Waals surface area (Å²) in [6.45, 7) is 1.37. The summed E-state index contributed by atoms with van der Waals surface area (Å²) in [4.78, 5) is 12.4. The number of furan rings is 1. The van der Waals surface area contributed by atoms with Gasteiger partial charge < -0.3 is 28.7 Å². The summed E-state index contributed by atoms with van der Waals surface area (Å²) >= 11 is 0. The molecule has 2 aliphatic heterocycles. The van der Waals surface area contributed by atoms with Gasteiger partial charge >= 0.3 is 6.09 Å². The number of hydrogen-bond acceptors (Lipinski definition) is 7. The number of amides is 1. The predicted molar refractivity (Wildman–Crippen MR) is 116 cm³/mol. The maximum absolute atomic E-state index is 12.4. The predicted octanol–water partition coefficient (Wildman–Crippen LogP) is 3.95. The van der Waals surface area contributed by atoms with Gasteiger partial charge in [0.05, 0.1) is 32.1 Å². The highest BCUT2D eigenvalue weighted by Gasteiger charge is 2.49. The van der Waals surface area contributed by atoms with Gasteiger partial charge in [0, 0.05) is 5.69 Å². The van der Waals surface area contributed by atoms with Crippen LogP contribution in [-0.2, 0) is 20.8 Å². The van der Waals surface area contributed by atoms with Crippen molar-refractivity contribution in [2.75, 3.05) is 18.5 Å². The van der Waals surface area contributed by atoms with Crippen molar-refractivity contribution in [3.05, 3.63) is 78.8 Å². The Kier molecular flexibility index (Phi) is 6.06. The number of benzene rings is 2. The molecular formula is C24H24N2O6. The highest BCUT2D eigenvalue weighted by Crippen LogP contribution is 2.29. The molecule has 0 unspecified atom stereocenters. The van der Waals surface area contributed by atoms with Gasteiger partial charge in [-0.15, -0.1) is 0 Å². The van der Waals surface area contributed by atoms with Crippen LogP contribution in [0.1, 0.15) is 5.76 Å². The summed E-state index contributed by atoms with van der Waals surface area (Å²) in [5.74, 6) is 2.27. The topological polar surface area (TPSA) is 91.2 Å². The number of ether oxygens (including phenoxy) is 4. The second-order valence-electron chi connectivity index (χ2n) is 7.67. The Morgan fingerprint density at radius 1 is 0.906 bits per heavy atom. The third-order valence-corrected chi connectivity index (χ3v) is 5.46. The molecule has 0 spiro atoms. The molecule has 0 aliphatic carbocycles. The first-order chi connectivity index (χ1) is 15.7. The highest BCUT2D eigenvalue weighted by atomic mass is 16.6. The fraction of sp³-hybridized carbons (Fsp3) is 0.292. The number of carbonyl (C=O) groups is 1. The lowest BCUT2D eigenvalue weighted by molar-refractivity contribution is 0.00852. The van der Waals surface area contributed by atoms with Gasteiger partial charge in [-0.25, -0.2) is 4.79 Å². The Balaban J connectivity index is 1.10. The van der Waals surface area contributed by atoms with Gasteiger partial charge in [-0.1, -0.05) is 18.2 Å². The number of carbonyl (C=O) groups excluding carboxylic acids is 1. The Morgan fingerprint density at radius 2 is 1.69 bits per heavy atom. The molecule has 2 N–H and O–H groups in total. The Bertz CT molecular complexity index is 1010. The summed E-state index contributed by atoms with van der Waals surface area (Å²) in [6, 6.07) is 20.4. The lowest BCUT2D eigenvalue weighted by Crippen LogP contribution is -2.41. The zero-order chi connectivity index (χ0) is 21.8. The summed E-state index contributed by atoms with van der Waals surface area (Å²) in [6.07, 6.45) is 0.167. The lowest BCUT2D eigenvalue weighted by Gasteiger charge is -2.18. The van der Waals surface area contributed by atoms with E-state index in [0.29, 0.717) is 31.2 Å². The highest BCUT2D eigenvalue weighted by molar-refractivity contribution is 5.84. The molecule has 166 valence electrons. The molecule has 4 atom stereocenters. The molecule has 5 rings (SSSR count). The monoisotopic (exact) mass is 436 g/mol. The standard InChI is InChI=1S/C24H24N2O6/c27-24(26-16-8-10-18(11-9-16)31-17-5-2-1-3-6-17)32-21-15-30-22-20(14-29-23(21)22)25-13-19-7-4-12-28-19/h1-12,20-23,25H,13-15H2,(H,26,27)/t20-,21+,22+,23+/m0/s1. The van der Waals surface area contributed by atoms with Crippen molar-refractivity contribution < 1.29 is 28.2 Å². The molecule has 2 saturated heterocycles. The van der Waals surface area contributed by atoms with Gasteiger partial charge in [0.1, 0.15) is 29.5 Å². The van der Waals surface area contributed by atoms with E-state index >= 15 is 0 Å². The molecule has 0 saturated carbocycles. The number of para-hydroxylation sites is 1. The zero-order valence-corrected chi connectivity index (χ0v) is 17.3. The minimum absolute atomic E-state index is 0.0129. The van der Waals surface area contributed by atoms with Crippen molar-refractivity contribution in [3.8, 4) is 11.5 Å². The molecule has 8 heteroatoms. The van der Waals surface area contributed by atoms with E-state index in [9.17, 15) is 4.79 Å². The van der Waals surface area contributed by atoms with Crippen molar-refractivity contribution in [1.29, 1.82) is 0 Å². The lowest BCUT2D eigenvalue weighted by atomic mass is 10.1. The van der Waals surface area contributed by atoms with Crippen molar-refractivity contribution in [1.82, 2.24) is 5.32 Å². The van der Waals surface area contributed by atoms with Crippen LogP contribution in [0.5, 0.6) is 11.5 Å². The molecule has 1 aromatic heterocycles. The first-order valence-electron chi connectivity index (χ1n) is 10.5. The first-order valence-corrected chi connectivity index (χ1v) is 10.5. The van der Waals surface area contributed by atoms with Crippen LogP contribution < -0.4 is 15.4 Å². The Hall–Kier alpha value is -3.33. The largest absolute Gasteiger partial charge is 0.468 e. The molecule has 32 heavy (non-hydrogen) atoms. The van der Waals surface area contributed by atoms with Crippen LogP contribution in [0.15, 0.2) is 77.4 Å². The van der Waals surface area contributed by atoms with Crippen molar-refractivity contribution in [3.63, 3.8) is 0 Å². The molecular weight excluding hydrogens is 412 g/mol. The van der Waals surface area contributed by atoms with Gasteiger partial charge in [0.2, 0.25) is 0 Å². The summed E-state index contributed by atoms with van der Waals surface area (Å²) in [7, 11) is 0. The molecule has 2 fully saturated rings. The summed E-state index contributed by atoms with van der Waals surface area (Å²) in [5.41, 5.74) is 0.608.